The fraction of sp³-hybridized carbons (Fsp3) is 0.385. The first-order chi connectivity index (χ1) is 8.35. The van der Waals surface area contributed by atoms with E-state index in [0.29, 0.717) is 0 Å². The predicted octanol–water partition coefficient (Wildman–Crippen LogP) is 2.80. The summed E-state index contributed by atoms with van der Waals surface area (Å²) in [5.41, 5.74) is 3.62. The molecule has 1 unspecified atom stereocenters. The molecule has 0 saturated carbocycles. The van der Waals surface area contributed by atoms with Crippen LogP contribution in [0, 0.1) is 0 Å². The van der Waals surface area contributed by atoms with Gasteiger partial charge in [0.15, 0.2) is 0 Å². The first-order valence-electron chi connectivity index (χ1n) is 5.94. The normalized spacial score (nSPS) is 12.6. The molecule has 0 fully saturated rings. The molecule has 90 valence electrons. The van der Waals surface area contributed by atoms with Crippen LogP contribution in [0.25, 0.3) is 0 Å². The smallest absolute Gasteiger partial charge is 0.0970 e. The van der Waals surface area contributed by atoms with E-state index in [-0.39, 0.29) is 6.04 Å². The maximum absolute atomic E-state index is 4.17. The Kier molecular flexibility index (Phi) is 4.23. The minimum Gasteiger partial charge on any atom is -0.305 e. The van der Waals surface area contributed by atoms with Crippen LogP contribution in [-0.2, 0) is 6.42 Å². The Labute approximate surface area is 106 Å². The van der Waals surface area contributed by atoms with Crippen molar-refractivity contribution in [2.45, 2.75) is 26.3 Å². The average molecular weight is 247 g/mol. The number of rotatable bonds is 5. The molecule has 4 heteroatoms. The Morgan fingerprint density at radius 1 is 1.35 bits per heavy atom. The van der Waals surface area contributed by atoms with Crippen LogP contribution in [0.5, 0.6) is 0 Å². The molecule has 1 aromatic carbocycles. The van der Waals surface area contributed by atoms with Crippen LogP contribution in [0.15, 0.2) is 29.6 Å². The zero-order valence-electron chi connectivity index (χ0n) is 10.2. The van der Waals surface area contributed by atoms with Crippen molar-refractivity contribution in [2.24, 2.45) is 0 Å². The van der Waals surface area contributed by atoms with Gasteiger partial charge in [0, 0.05) is 5.38 Å². The van der Waals surface area contributed by atoms with E-state index < -0.39 is 0 Å². The fourth-order valence-corrected chi connectivity index (χ4v) is 2.37. The third-order valence-corrected chi connectivity index (χ3v) is 3.30. The van der Waals surface area contributed by atoms with E-state index in [0.717, 1.165) is 18.7 Å². The predicted molar refractivity (Wildman–Crippen MR) is 71.2 cm³/mol. The van der Waals surface area contributed by atoms with Crippen LogP contribution >= 0.6 is 11.5 Å². The molecular formula is C13H17N3S. The quantitative estimate of drug-likeness (QED) is 0.883. The van der Waals surface area contributed by atoms with Crippen molar-refractivity contribution < 1.29 is 0 Å². The zero-order chi connectivity index (χ0) is 12.1. The number of hydrogen-bond acceptors (Lipinski definition) is 4. The Balaban J connectivity index is 2.32. The van der Waals surface area contributed by atoms with Gasteiger partial charge >= 0.3 is 0 Å². The van der Waals surface area contributed by atoms with Crippen LogP contribution in [0.4, 0.5) is 0 Å². The van der Waals surface area contributed by atoms with Crippen LogP contribution in [0.3, 0.4) is 0 Å². The van der Waals surface area contributed by atoms with E-state index in [1.807, 2.05) is 5.38 Å². The molecule has 2 rings (SSSR count). The van der Waals surface area contributed by atoms with Gasteiger partial charge in [-0.3, -0.25) is 0 Å². The number of nitrogens with one attached hydrogen (secondary N) is 1. The lowest BCUT2D eigenvalue weighted by Gasteiger charge is -2.16. The topological polar surface area (TPSA) is 37.8 Å². The van der Waals surface area contributed by atoms with Crippen molar-refractivity contribution in [1.82, 2.24) is 14.9 Å². The molecule has 2 aromatic rings. The van der Waals surface area contributed by atoms with Crippen molar-refractivity contribution in [3.63, 3.8) is 0 Å². The summed E-state index contributed by atoms with van der Waals surface area (Å²) in [6.07, 6.45) is 1.06. The Bertz CT molecular complexity index is 453. The van der Waals surface area contributed by atoms with Crippen molar-refractivity contribution >= 4 is 11.5 Å². The highest BCUT2D eigenvalue weighted by Gasteiger charge is 2.15. The molecule has 1 N–H and O–H groups in total. The van der Waals surface area contributed by atoms with Crippen molar-refractivity contribution in [1.29, 1.82) is 0 Å². The Hall–Kier alpha value is -1.26. The van der Waals surface area contributed by atoms with E-state index >= 15 is 0 Å². The molecule has 17 heavy (non-hydrogen) atoms. The second-order valence-corrected chi connectivity index (χ2v) is 4.53. The molecule has 1 aromatic heterocycles. The van der Waals surface area contributed by atoms with Gasteiger partial charge in [0.25, 0.3) is 0 Å². The second-order valence-electron chi connectivity index (χ2n) is 3.92. The number of hydrogen-bond donors (Lipinski definition) is 1. The summed E-state index contributed by atoms with van der Waals surface area (Å²) >= 11 is 1.40. The third-order valence-electron chi connectivity index (χ3n) is 2.77. The van der Waals surface area contributed by atoms with Gasteiger partial charge in [0.05, 0.1) is 11.7 Å². The number of nitrogens with zero attached hydrogens (tertiary/aromatic N) is 2. The highest BCUT2D eigenvalue weighted by molar-refractivity contribution is 7.03. The van der Waals surface area contributed by atoms with Crippen LogP contribution in [0.2, 0.25) is 0 Å². The van der Waals surface area contributed by atoms with Crippen LogP contribution in [0.1, 0.15) is 36.7 Å². The summed E-state index contributed by atoms with van der Waals surface area (Å²) in [5.74, 6) is 0. The Morgan fingerprint density at radius 2 is 2.24 bits per heavy atom. The maximum atomic E-state index is 4.17. The van der Waals surface area contributed by atoms with Gasteiger partial charge in [-0.15, -0.1) is 5.10 Å². The standard InChI is InChI=1S/C13H17N3S/c1-3-10-6-5-7-11(8-10)13(14-4-2)12-9-17-16-15-12/h5-9,13-14H,3-4H2,1-2H3. The first-order valence-corrected chi connectivity index (χ1v) is 6.78. The minimum absolute atomic E-state index is 0.158. The maximum Gasteiger partial charge on any atom is 0.0970 e. The minimum atomic E-state index is 0.158. The third kappa shape index (κ3) is 2.90. The first kappa shape index (κ1) is 12.2. The summed E-state index contributed by atoms with van der Waals surface area (Å²) in [6, 6.07) is 8.81. The summed E-state index contributed by atoms with van der Waals surface area (Å²) in [5, 5.41) is 9.64. The van der Waals surface area contributed by atoms with Gasteiger partial charge in [-0.1, -0.05) is 42.6 Å². The van der Waals surface area contributed by atoms with E-state index in [1.165, 1.54) is 22.7 Å². The largest absolute Gasteiger partial charge is 0.305 e. The van der Waals surface area contributed by atoms with Crippen molar-refractivity contribution in [3.05, 3.63) is 46.5 Å². The van der Waals surface area contributed by atoms with Crippen molar-refractivity contribution in [3.8, 4) is 0 Å². The molecule has 0 aliphatic carbocycles. The molecule has 1 atom stereocenters. The summed E-state index contributed by atoms with van der Waals surface area (Å²) in [6.45, 7) is 5.20. The number of aryl methyl sites for hydroxylation is 1. The molecule has 0 bridgehead atoms. The lowest BCUT2D eigenvalue weighted by atomic mass is 10.0. The van der Waals surface area contributed by atoms with E-state index in [2.05, 4.69) is 53.0 Å². The highest BCUT2D eigenvalue weighted by Crippen LogP contribution is 2.22. The highest BCUT2D eigenvalue weighted by atomic mass is 32.1. The molecule has 3 nitrogen and oxygen atoms in total. The summed E-state index contributed by atoms with van der Waals surface area (Å²) < 4.78 is 3.95. The Morgan fingerprint density at radius 3 is 2.88 bits per heavy atom. The van der Waals surface area contributed by atoms with Crippen LogP contribution in [-0.4, -0.2) is 16.1 Å². The SMILES string of the molecule is CCNC(c1cccc(CC)c1)c1csnn1. The molecule has 0 amide bonds. The van der Waals surface area contributed by atoms with E-state index in [9.17, 15) is 0 Å². The summed E-state index contributed by atoms with van der Waals surface area (Å²) in [7, 11) is 0. The van der Waals surface area contributed by atoms with Gasteiger partial charge in [-0.25, -0.2) is 0 Å². The lowest BCUT2D eigenvalue weighted by molar-refractivity contribution is 0.613. The molecule has 0 spiro atoms. The van der Waals surface area contributed by atoms with E-state index in [4.69, 9.17) is 0 Å². The van der Waals surface area contributed by atoms with Gasteiger partial charge < -0.3 is 5.32 Å². The number of aromatic nitrogens is 2. The van der Waals surface area contributed by atoms with E-state index in [1.54, 1.807) is 0 Å². The monoisotopic (exact) mass is 247 g/mol. The van der Waals surface area contributed by atoms with Gasteiger partial charge in [0.2, 0.25) is 0 Å². The fourth-order valence-electron chi connectivity index (χ4n) is 1.89. The lowest BCUT2D eigenvalue weighted by Crippen LogP contribution is -2.22. The summed E-state index contributed by atoms with van der Waals surface area (Å²) in [4.78, 5) is 0. The molecule has 0 saturated heterocycles. The number of benzene rings is 1. The average Bonchev–Trinajstić information content (AvgIpc) is 2.89. The molecule has 0 aliphatic heterocycles. The molecule has 0 radical (unpaired) electrons. The van der Waals surface area contributed by atoms with Gasteiger partial charge in [-0.2, -0.15) is 0 Å². The molecular weight excluding hydrogens is 230 g/mol. The van der Waals surface area contributed by atoms with Crippen LogP contribution < -0.4 is 5.32 Å². The second kappa shape index (κ2) is 5.89. The molecule has 1 heterocycles. The zero-order valence-corrected chi connectivity index (χ0v) is 11.0. The van der Waals surface area contributed by atoms with Crippen molar-refractivity contribution in [2.75, 3.05) is 6.54 Å². The molecule has 0 aliphatic rings. The van der Waals surface area contributed by atoms with Gasteiger partial charge in [-0.05, 0) is 35.6 Å². The van der Waals surface area contributed by atoms with Gasteiger partial charge in [0.1, 0.15) is 0 Å².